The summed E-state index contributed by atoms with van der Waals surface area (Å²) in [6.07, 6.45) is 2.69. The van der Waals surface area contributed by atoms with Gasteiger partial charge in [0.1, 0.15) is 12.1 Å². The van der Waals surface area contributed by atoms with Crippen molar-refractivity contribution in [1.82, 2.24) is 0 Å². The lowest BCUT2D eigenvalue weighted by Gasteiger charge is -2.18. The summed E-state index contributed by atoms with van der Waals surface area (Å²) in [6, 6.07) is 0. The van der Waals surface area contributed by atoms with Crippen LogP contribution in [0.15, 0.2) is 4.99 Å². The van der Waals surface area contributed by atoms with Crippen LogP contribution in [0.3, 0.4) is 0 Å². The maximum Gasteiger partial charge on any atom is 0.328 e. The maximum atomic E-state index is 11.2. The molecule has 3 heteroatoms. The van der Waals surface area contributed by atoms with Crippen molar-refractivity contribution in [1.29, 1.82) is 0 Å². The fraction of sp³-hybridized carbons (Fsp3) is 0.818. The lowest BCUT2D eigenvalue weighted by atomic mass is 10.2. The molecule has 0 aromatic carbocycles. The second kappa shape index (κ2) is 5.78. The summed E-state index contributed by atoms with van der Waals surface area (Å²) in [6.45, 7) is 9.90. The topological polar surface area (TPSA) is 38.7 Å². The summed E-state index contributed by atoms with van der Waals surface area (Å²) in [5.74, 6) is 0.315. The van der Waals surface area contributed by atoms with E-state index in [9.17, 15) is 4.79 Å². The first-order chi connectivity index (χ1) is 6.31. The van der Waals surface area contributed by atoms with Gasteiger partial charge < -0.3 is 4.74 Å². The minimum absolute atomic E-state index is 0.129. The van der Waals surface area contributed by atoms with Crippen LogP contribution < -0.4 is 0 Å². The first kappa shape index (κ1) is 13.1. The molecular formula is C11H21NO2. The van der Waals surface area contributed by atoms with E-state index in [1.54, 1.807) is 6.21 Å². The number of carbonyl (C=O) groups is 1. The van der Waals surface area contributed by atoms with Gasteiger partial charge in [0.05, 0.1) is 0 Å². The number of aliphatic imine (C=N–C) groups is 1. The third-order valence-electron chi connectivity index (χ3n) is 1.35. The molecule has 0 aromatic heterocycles. The maximum absolute atomic E-state index is 11.2. The van der Waals surface area contributed by atoms with Crippen molar-refractivity contribution in [3.63, 3.8) is 0 Å². The SMILES string of the molecule is CC(C)CC=NCC(=O)OC(C)(C)C. The molecule has 0 saturated carbocycles. The molecule has 0 saturated heterocycles. The van der Waals surface area contributed by atoms with Crippen LogP contribution in [0, 0.1) is 5.92 Å². The summed E-state index contributed by atoms with van der Waals surface area (Å²) in [5.41, 5.74) is -0.412. The van der Waals surface area contributed by atoms with E-state index in [0.717, 1.165) is 6.42 Å². The Morgan fingerprint density at radius 1 is 1.43 bits per heavy atom. The Morgan fingerprint density at radius 2 is 2.00 bits per heavy atom. The van der Waals surface area contributed by atoms with Crippen LogP contribution in [0.4, 0.5) is 0 Å². The van der Waals surface area contributed by atoms with Crippen molar-refractivity contribution in [3.8, 4) is 0 Å². The van der Waals surface area contributed by atoms with Gasteiger partial charge in [0.25, 0.3) is 0 Å². The van der Waals surface area contributed by atoms with Crippen molar-refractivity contribution in [2.45, 2.75) is 46.6 Å². The molecule has 0 unspecified atom stereocenters. The van der Waals surface area contributed by atoms with Gasteiger partial charge >= 0.3 is 5.97 Å². The molecule has 82 valence electrons. The number of ether oxygens (including phenoxy) is 1. The first-order valence-electron chi connectivity index (χ1n) is 5.01. The van der Waals surface area contributed by atoms with Crippen LogP contribution in [-0.4, -0.2) is 24.3 Å². The zero-order chi connectivity index (χ0) is 11.2. The predicted molar refractivity (Wildman–Crippen MR) is 58.7 cm³/mol. The normalized spacial score (nSPS) is 12.4. The summed E-state index contributed by atoms with van der Waals surface area (Å²) >= 11 is 0. The van der Waals surface area contributed by atoms with Gasteiger partial charge in [0, 0.05) is 0 Å². The summed E-state index contributed by atoms with van der Waals surface area (Å²) in [4.78, 5) is 15.2. The molecule has 0 aliphatic heterocycles. The number of carbonyl (C=O) groups excluding carboxylic acids is 1. The number of rotatable bonds is 4. The van der Waals surface area contributed by atoms with Crippen molar-refractivity contribution < 1.29 is 9.53 Å². The molecule has 0 N–H and O–H groups in total. The highest BCUT2D eigenvalue weighted by atomic mass is 16.6. The Hall–Kier alpha value is -0.860. The van der Waals surface area contributed by atoms with Gasteiger partial charge in [-0.3, -0.25) is 9.79 Å². The Morgan fingerprint density at radius 3 is 2.43 bits per heavy atom. The Labute approximate surface area is 86.6 Å². The average molecular weight is 199 g/mol. The van der Waals surface area contributed by atoms with Crippen LogP contribution in [-0.2, 0) is 9.53 Å². The molecular weight excluding hydrogens is 178 g/mol. The highest BCUT2D eigenvalue weighted by Gasteiger charge is 2.14. The third kappa shape index (κ3) is 9.23. The van der Waals surface area contributed by atoms with E-state index >= 15 is 0 Å². The zero-order valence-corrected chi connectivity index (χ0v) is 9.83. The molecule has 14 heavy (non-hydrogen) atoms. The van der Waals surface area contributed by atoms with Crippen LogP contribution in [0.25, 0.3) is 0 Å². The molecule has 3 nitrogen and oxygen atoms in total. The van der Waals surface area contributed by atoms with Gasteiger partial charge in [0.15, 0.2) is 0 Å². The van der Waals surface area contributed by atoms with Crippen LogP contribution >= 0.6 is 0 Å². The van der Waals surface area contributed by atoms with Gasteiger partial charge in [-0.15, -0.1) is 0 Å². The molecule has 0 atom stereocenters. The average Bonchev–Trinajstić information content (AvgIpc) is 1.94. The monoisotopic (exact) mass is 199 g/mol. The fourth-order valence-corrected chi connectivity index (χ4v) is 0.798. The molecule has 0 fully saturated rings. The highest BCUT2D eigenvalue weighted by Crippen LogP contribution is 2.06. The van der Waals surface area contributed by atoms with E-state index in [1.165, 1.54) is 0 Å². The summed E-state index contributed by atoms with van der Waals surface area (Å²) in [7, 11) is 0. The standard InChI is InChI=1S/C11H21NO2/c1-9(2)6-7-12-8-10(13)14-11(3,4)5/h7,9H,6,8H2,1-5H3. The number of esters is 1. The Kier molecular flexibility index (Phi) is 5.43. The second-order valence-electron chi connectivity index (χ2n) is 4.74. The van der Waals surface area contributed by atoms with Gasteiger partial charge in [-0.2, -0.15) is 0 Å². The van der Waals surface area contributed by atoms with E-state index in [4.69, 9.17) is 4.74 Å². The summed E-state index contributed by atoms with van der Waals surface area (Å²) in [5, 5.41) is 0. The second-order valence-corrected chi connectivity index (χ2v) is 4.74. The van der Waals surface area contributed by atoms with Crippen LogP contribution in [0.5, 0.6) is 0 Å². The largest absolute Gasteiger partial charge is 0.459 e. The molecule has 0 aromatic rings. The van der Waals surface area contributed by atoms with Crippen molar-refractivity contribution in [2.75, 3.05) is 6.54 Å². The van der Waals surface area contributed by atoms with Crippen molar-refractivity contribution >= 4 is 12.2 Å². The molecule has 0 amide bonds. The number of hydrogen-bond donors (Lipinski definition) is 0. The van der Waals surface area contributed by atoms with Gasteiger partial charge in [-0.25, -0.2) is 0 Å². The third-order valence-corrected chi connectivity index (χ3v) is 1.35. The summed E-state index contributed by atoms with van der Waals surface area (Å²) < 4.78 is 5.09. The fourth-order valence-electron chi connectivity index (χ4n) is 0.798. The van der Waals surface area contributed by atoms with E-state index in [-0.39, 0.29) is 12.5 Å². The molecule has 0 aliphatic rings. The Bertz CT molecular complexity index is 202. The molecule has 0 rings (SSSR count). The molecule has 0 aliphatic carbocycles. The van der Waals surface area contributed by atoms with Crippen molar-refractivity contribution in [2.24, 2.45) is 10.9 Å². The smallest absolute Gasteiger partial charge is 0.328 e. The quantitative estimate of drug-likeness (QED) is 0.515. The zero-order valence-electron chi connectivity index (χ0n) is 9.83. The molecule has 0 spiro atoms. The van der Waals surface area contributed by atoms with Gasteiger partial charge in [-0.05, 0) is 39.3 Å². The van der Waals surface area contributed by atoms with E-state index in [0.29, 0.717) is 5.92 Å². The van der Waals surface area contributed by atoms with Crippen molar-refractivity contribution in [3.05, 3.63) is 0 Å². The van der Waals surface area contributed by atoms with E-state index in [2.05, 4.69) is 18.8 Å². The highest BCUT2D eigenvalue weighted by molar-refractivity contribution is 5.74. The molecule has 0 bridgehead atoms. The minimum atomic E-state index is -0.412. The number of hydrogen-bond acceptors (Lipinski definition) is 3. The van der Waals surface area contributed by atoms with Gasteiger partial charge in [0.2, 0.25) is 0 Å². The Balaban J connectivity index is 3.70. The predicted octanol–water partition coefficient (Wildman–Crippen LogP) is 2.45. The molecule has 0 radical (unpaired) electrons. The lowest BCUT2D eigenvalue weighted by Crippen LogP contribution is -2.25. The van der Waals surface area contributed by atoms with E-state index in [1.807, 2.05) is 20.8 Å². The molecule has 0 heterocycles. The van der Waals surface area contributed by atoms with E-state index < -0.39 is 5.60 Å². The van der Waals surface area contributed by atoms with Gasteiger partial charge in [-0.1, -0.05) is 13.8 Å². The van der Waals surface area contributed by atoms with Crippen LogP contribution in [0.2, 0.25) is 0 Å². The van der Waals surface area contributed by atoms with Crippen LogP contribution in [0.1, 0.15) is 41.0 Å². The number of nitrogens with zero attached hydrogens (tertiary/aromatic N) is 1. The lowest BCUT2D eigenvalue weighted by molar-refractivity contribution is -0.152. The minimum Gasteiger partial charge on any atom is -0.459 e. The first-order valence-corrected chi connectivity index (χ1v) is 5.01.